The number of hydrogen-bond acceptors (Lipinski definition) is 5. The minimum absolute atomic E-state index is 0.165. The van der Waals surface area contributed by atoms with Gasteiger partial charge in [0.15, 0.2) is 17.5 Å². The molecule has 0 radical (unpaired) electrons. The first kappa shape index (κ1) is 19.3. The van der Waals surface area contributed by atoms with Gasteiger partial charge < -0.3 is 25.0 Å². The Morgan fingerprint density at radius 3 is 2.67 bits per heavy atom. The molecule has 1 saturated heterocycles. The molecule has 1 fully saturated rings. The van der Waals surface area contributed by atoms with Crippen LogP contribution in [0.25, 0.3) is 0 Å². The van der Waals surface area contributed by atoms with Crippen molar-refractivity contribution in [3.05, 3.63) is 23.8 Å². The summed E-state index contributed by atoms with van der Waals surface area (Å²) in [6, 6.07) is 5.91. The van der Waals surface area contributed by atoms with Gasteiger partial charge in [-0.05, 0) is 24.6 Å². The van der Waals surface area contributed by atoms with E-state index in [1.807, 2.05) is 23.1 Å². The van der Waals surface area contributed by atoms with E-state index in [2.05, 4.69) is 27.4 Å². The van der Waals surface area contributed by atoms with E-state index < -0.39 is 0 Å². The maximum Gasteiger partial charge on any atom is 0.231 e. The molecule has 0 aromatic heterocycles. The molecule has 8 nitrogen and oxygen atoms in total. The van der Waals surface area contributed by atoms with Gasteiger partial charge in [-0.2, -0.15) is 0 Å². The molecule has 1 amide bonds. The number of amides is 1. The SMILES string of the molecule is CCNC(=NCc1ccc2c(c1)OCO2)NCCN1CCN(C(C)=O)CC1. The van der Waals surface area contributed by atoms with E-state index in [9.17, 15) is 4.79 Å². The smallest absolute Gasteiger partial charge is 0.231 e. The van der Waals surface area contributed by atoms with Crippen LogP contribution in [0.4, 0.5) is 0 Å². The van der Waals surface area contributed by atoms with Crippen LogP contribution in [0.5, 0.6) is 11.5 Å². The molecule has 3 rings (SSSR count). The van der Waals surface area contributed by atoms with Crippen molar-refractivity contribution in [3.63, 3.8) is 0 Å². The van der Waals surface area contributed by atoms with Crippen molar-refractivity contribution in [1.82, 2.24) is 20.4 Å². The number of ether oxygens (including phenoxy) is 2. The Morgan fingerprint density at radius 1 is 1.15 bits per heavy atom. The number of carbonyl (C=O) groups excluding carboxylic acids is 1. The van der Waals surface area contributed by atoms with E-state index in [4.69, 9.17) is 9.47 Å². The molecular formula is C19H29N5O3. The normalized spacial score (nSPS) is 17.1. The molecule has 0 unspecified atom stereocenters. The lowest BCUT2D eigenvalue weighted by Gasteiger charge is -2.34. The second kappa shape index (κ2) is 9.45. The van der Waals surface area contributed by atoms with Crippen molar-refractivity contribution in [2.24, 2.45) is 4.99 Å². The minimum Gasteiger partial charge on any atom is -0.454 e. The number of fused-ring (bicyclic) bond motifs is 1. The quantitative estimate of drug-likeness (QED) is 0.561. The summed E-state index contributed by atoms with van der Waals surface area (Å²) in [5, 5.41) is 6.66. The van der Waals surface area contributed by atoms with E-state index in [1.165, 1.54) is 0 Å². The third-order valence-corrected chi connectivity index (χ3v) is 4.74. The Kier molecular flexibility index (Phi) is 6.75. The van der Waals surface area contributed by atoms with Gasteiger partial charge in [-0.15, -0.1) is 0 Å². The summed E-state index contributed by atoms with van der Waals surface area (Å²) < 4.78 is 10.8. The predicted molar refractivity (Wildman–Crippen MR) is 104 cm³/mol. The van der Waals surface area contributed by atoms with Gasteiger partial charge in [0.2, 0.25) is 12.7 Å². The molecule has 2 aliphatic heterocycles. The van der Waals surface area contributed by atoms with Crippen molar-refractivity contribution in [3.8, 4) is 11.5 Å². The lowest BCUT2D eigenvalue weighted by molar-refractivity contribution is -0.130. The number of piperazine rings is 1. The molecule has 0 atom stereocenters. The van der Waals surface area contributed by atoms with Gasteiger partial charge in [0.1, 0.15) is 0 Å². The Labute approximate surface area is 160 Å². The molecule has 2 heterocycles. The van der Waals surface area contributed by atoms with Gasteiger partial charge in [-0.25, -0.2) is 4.99 Å². The second-order valence-corrected chi connectivity index (χ2v) is 6.66. The highest BCUT2D eigenvalue weighted by Gasteiger charge is 2.18. The summed E-state index contributed by atoms with van der Waals surface area (Å²) in [6.07, 6.45) is 0. The fourth-order valence-electron chi connectivity index (χ4n) is 3.17. The average molecular weight is 375 g/mol. The summed E-state index contributed by atoms with van der Waals surface area (Å²) in [6.45, 7) is 10.6. The van der Waals surface area contributed by atoms with Crippen LogP contribution in [-0.4, -0.2) is 74.3 Å². The summed E-state index contributed by atoms with van der Waals surface area (Å²) in [7, 11) is 0. The fourth-order valence-corrected chi connectivity index (χ4v) is 3.17. The topological polar surface area (TPSA) is 78.4 Å². The van der Waals surface area contributed by atoms with Crippen molar-refractivity contribution < 1.29 is 14.3 Å². The molecule has 2 N–H and O–H groups in total. The van der Waals surface area contributed by atoms with Gasteiger partial charge >= 0.3 is 0 Å². The van der Waals surface area contributed by atoms with Crippen molar-refractivity contribution in [1.29, 1.82) is 0 Å². The molecule has 1 aromatic rings. The molecule has 0 aliphatic carbocycles. The molecule has 0 saturated carbocycles. The first-order chi connectivity index (χ1) is 13.2. The van der Waals surface area contributed by atoms with Crippen LogP contribution >= 0.6 is 0 Å². The van der Waals surface area contributed by atoms with Crippen LogP contribution in [0.15, 0.2) is 23.2 Å². The highest BCUT2D eigenvalue weighted by atomic mass is 16.7. The van der Waals surface area contributed by atoms with E-state index in [1.54, 1.807) is 6.92 Å². The zero-order valence-electron chi connectivity index (χ0n) is 16.2. The van der Waals surface area contributed by atoms with Gasteiger partial charge in [0.05, 0.1) is 6.54 Å². The number of carbonyl (C=O) groups is 1. The van der Waals surface area contributed by atoms with Crippen molar-refractivity contribution >= 4 is 11.9 Å². The van der Waals surface area contributed by atoms with E-state index >= 15 is 0 Å². The van der Waals surface area contributed by atoms with Crippen molar-refractivity contribution in [2.45, 2.75) is 20.4 Å². The second-order valence-electron chi connectivity index (χ2n) is 6.66. The van der Waals surface area contributed by atoms with Crippen LogP contribution in [0.3, 0.4) is 0 Å². The zero-order chi connectivity index (χ0) is 19.1. The average Bonchev–Trinajstić information content (AvgIpc) is 3.14. The molecule has 0 bridgehead atoms. The number of benzene rings is 1. The molecule has 1 aromatic carbocycles. The zero-order valence-corrected chi connectivity index (χ0v) is 16.2. The maximum atomic E-state index is 11.4. The fraction of sp³-hybridized carbons (Fsp3) is 0.579. The number of nitrogens with zero attached hydrogens (tertiary/aromatic N) is 3. The molecular weight excluding hydrogens is 346 g/mol. The summed E-state index contributed by atoms with van der Waals surface area (Å²) in [5.41, 5.74) is 1.08. The van der Waals surface area contributed by atoms with E-state index in [0.29, 0.717) is 6.54 Å². The summed E-state index contributed by atoms with van der Waals surface area (Å²) in [4.78, 5) is 20.3. The highest BCUT2D eigenvalue weighted by molar-refractivity contribution is 5.79. The van der Waals surface area contributed by atoms with Crippen LogP contribution in [0.1, 0.15) is 19.4 Å². The summed E-state index contributed by atoms with van der Waals surface area (Å²) in [5.74, 6) is 2.54. The van der Waals surface area contributed by atoms with Crippen LogP contribution in [0, 0.1) is 0 Å². The van der Waals surface area contributed by atoms with Crippen LogP contribution in [0.2, 0.25) is 0 Å². The first-order valence-corrected chi connectivity index (χ1v) is 9.54. The number of guanidine groups is 1. The Morgan fingerprint density at radius 2 is 1.93 bits per heavy atom. The maximum absolute atomic E-state index is 11.4. The molecule has 8 heteroatoms. The minimum atomic E-state index is 0.165. The number of nitrogens with one attached hydrogen (secondary N) is 2. The third-order valence-electron chi connectivity index (χ3n) is 4.74. The van der Waals surface area contributed by atoms with E-state index in [0.717, 1.165) is 68.8 Å². The number of aliphatic imine (C=N–C) groups is 1. The van der Waals surface area contributed by atoms with Crippen LogP contribution < -0.4 is 20.1 Å². The van der Waals surface area contributed by atoms with Gasteiger partial charge in [-0.3, -0.25) is 9.69 Å². The largest absolute Gasteiger partial charge is 0.454 e. The standard InChI is InChI=1S/C19H29N5O3/c1-3-20-19(21-6-7-23-8-10-24(11-9-23)15(2)25)22-13-16-4-5-17-18(12-16)27-14-26-17/h4-5,12H,3,6-11,13-14H2,1-2H3,(H2,20,21,22). The summed E-state index contributed by atoms with van der Waals surface area (Å²) >= 11 is 0. The molecule has 148 valence electrons. The van der Waals surface area contributed by atoms with E-state index in [-0.39, 0.29) is 12.7 Å². The van der Waals surface area contributed by atoms with Gasteiger partial charge in [0.25, 0.3) is 0 Å². The third kappa shape index (κ3) is 5.50. The number of hydrogen-bond donors (Lipinski definition) is 2. The molecule has 0 spiro atoms. The Hall–Kier alpha value is -2.48. The lowest BCUT2D eigenvalue weighted by Crippen LogP contribution is -2.50. The molecule has 2 aliphatic rings. The monoisotopic (exact) mass is 375 g/mol. The van der Waals surface area contributed by atoms with Crippen LogP contribution in [-0.2, 0) is 11.3 Å². The highest BCUT2D eigenvalue weighted by Crippen LogP contribution is 2.32. The van der Waals surface area contributed by atoms with Gasteiger partial charge in [-0.1, -0.05) is 6.07 Å². The Balaban J connectivity index is 1.44. The van der Waals surface area contributed by atoms with Gasteiger partial charge in [0, 0.05) is 52.7 Å². The number of rotatable bonds is 6. The Bertz CT molecular complexity index is 671. The molecule has 27 heavy (non-hydrogen) atoms. The van der Waals surface area contributed by atoms with Crippen molar-refractivity contribution in [2.75, 3.05) is 52.6 Å². The predicted octanol–water partition coefficient (Wildman–Crippen LogP) is 0.635. The first-order valence-electron chi connectivity index (χ1n) is 9.54. The lowest BCUT2D eigenvalue weighted by atomic mass is 10.2.